The van der Waals surface area contributed by atoms with E-state index in [4.69, 9.17) is 14.4 Å². The van der Waals surface area contributed by atoms with E-state index in [9.17, 15) is 4.79 Å². The van der Waals surface area contributed by atoms with Crippen molar-refractivity contribution in [2.24, 2.45) is 0 Å². The molecule has 2 heterocycles. The van der Waals surface area contributed by atoms with Gasteiger partial charge in [-0.3, -0.25) is 0 Å². The van der Waals surface area contributed by atoms with E-state index in [1.165, 1.54) is 11.3 Å². The highest BCUT2D eigenvalue weighted by atomic mass is 32.1. The summed E-state index contributed by atoms with van der Waals surface area (Å²) >= 11 is 1.23. The molecule has 0 atom stereocenters. The largest absolute Gasteiger partial charge is 0.484 e. The normalized spacial score (nSPS) is 10.9. The number of carbonyl (C=O) groups is 1. The molecule has 0 fully saturated rings. The number of aryl methyl sites for hydroxylation is 1. The molecule has 0 unspecified atom stereocenters. The van der Waals surface area contributed by atoms with Crippen LogP contribution in [0.15, 0.2) is 10.6 Å². The van der Waals surface area contributed by atoms with E-state index in [-0.39, 0.29) is 17.4 Å². The summed E-state index contributed by atoms with van der Waals surface area (Å²) in [6, 6.07) is 1.76. The van der Waals surface area contributed by atoms with Crippen molar-refractivity contribution in [2.75, 3.05) is 0 Å². The van der Waals surface area contributed by atoms with Gasteiger partial charge in [-0.2, -0.15) is 4.98 Å². The third-order valence-corrected chi connectivity index (χ3v) is 3.81. The van der Waals surface area contributed by atoms with Crippen LogP contribution in [0, 0.1) is 6.92 Å². The van der Waals surface area contributed by atoms with Gasteiger partial charge in [-0.05, 0) is 12.0 Å². The Labute approximate surface area is 114 Å². The fraction of sp³-hybridized carbons (Fsp3) is 0.417. The lowest BCUT2D eigenvalue weighted by Crippen LogP contribution is -2.01. The highest BCUT2D eigenvalue weighted by molar-refractivity contribution is 7.14. The smallest absolute Gasteiger partial charge is 0.349 e. The molecular formula is C12H14N2O4S. The van der Waals surface area contributed by atoms with Crippen LogP contribution in [0.5, 0.6) is 5.75 Å². The molecule has 1 N–H and O–H groups in total. The maximum Gasteiger partial charge on any atom is 0.349 e. The van der Waals surface area contributed by atoms with E-state index < -0.39 is 5.97 Å². The number of aromatic carboxylic acids is 1. The Kier molecular flexibility index (Phi) is 3.84. The van der Waals surface area contributed by atoms with Gasteiger partial charge < -0.3 is 14.4 Å². The van der Waals surface area contributed by atoms with Crippen LogP contribution in [0.2, 0.25) is 0 Å². The molecule has 2 aromatic heterocycles. The number of thiophene rings is 1. The first-order chi connectivity index (χ1) is 8.97. The van der Waals surface area contributed by atoms with Crippen LogP contribution >= 0.6 is 11.3 Å². The Bertz CT molecular complexity index is 588. The second kappa shape index (κ2) is 5.40. The van der Waals surface area contributed by atoms with Gasteiger partial charge in [-0.1, -0.05) is 19.0 Å². The molecule has 19 heavy (non-hydrogen) atoms. The molecular weight excluding hydrogens is 268 g/mol. The molecule has 0 radical (unpaired) electrons. The van der Waals surface area contributed by atoms with Crippen molar-refractivity contribution in [1.82, 2.24) is 10.1 Å². The highest BCUT2D eigenvalue weighted by Crippen LogP contribution is 2.34. The van der Waals surface area contributed by atoms with Gasteiger partial charge in [-0.25, -0.2) is 4.79 Å². The van der Waals surface area contributed by atoms with Crippen LogP contribution in [0.3, 0.4) is 0 Å². The molecule has 0 aliphatic carbocycles. The first-order valence-electron chi connectivity index (χ1n) is 5.76. The van der Waals surface area contributed by atoms with Gasteiger partial charge in [0.15, 0.2) is 11.5 Å². The number of nitrogens with zero attached hydrogens (tertiary/aromatic N) is 2. The minimum absolute atomic E-state index is 0.0892. The van der Waals surface area contributed by atoms with Crippen molar-refractivity contribution in [3.63, 3.8) is 0 Å². The minimum Gasteiger partial charge on any atom is -0.484 e. The van der Waals surface area contributed by atoms with E-state index in [1.807, 2.05) is 13.8 Å². The van der Waals surface area contributed by atoms with Gasteiger partial charge in [0.25, 0.3) is 0 Å². The summed E-state index contributed by atoms with van der Waals surface area (Å²) < 4.78 is 10.3. The van der Waals surface area contributed by atoms with Crippen LogP contribution in [-0.2, 0) is 6.61 Å². The topological polar surface area (TPSA) is 85.5 Å². The molecule has 0 aliphatic rings. The lowest BCUT2D eigenvalue weighted by atomic mass is 10.2. The summed E-state index contributed by atoms with van der Waals surface area (Å²) in [6.45, 7) is 5.78. The maximum atomic E-state index is 11.2. The van der Waals surface area contributed by atoms with Gasteiger partial charge >= 0.3 is 5.97 Å². The summed E-state index contributed by atoms with van der Waals surface area (Å²) in [4.78, 5) is 16.3. The van der Waals surface area contributed by atoms with Crippen LogP contribution in [0.1, 0.15) is 46.0 Å². The van der Waals surface area contributed by atoms with Crippen molar-refractivity contribution >= 4 is 17.3 Å². The van der Waals surface area contributed by atoms with Crippen molar-refractivity contribution in [1.29, 1.82) is 0 Å². The summed E-state index contributed by atoms with van der Waals surface area (Å²) in [6.07, 6.45) is 0. The molecule has 7 heteroatoms. The van der Waals surface area contributed by atoms with E-state index in [2.05, 4.69) is 10.1 Å². The average Bonchev–Trinajstić information content (AvgIpc) is 2.92. The van der Waals surface area contributed by atoms with Gasteiger partial charge in [0, 0.05) is 11.8 Å². The predicted octanol–water partition coefficient (Wildman–Crippen LogP) is 2.84. The number of hydrogen-bond donors (Lipinski definition) is 1. The first kappa shape index (κ1) is 13.5. The van der Waals surface area contributed by atoms with Crippen LogP contribution < -0.4 is 4.74 Å². The fourth-order valence-electron chi connectivity index (χ4n) is 1.48. The van der Waals surface area contributed by atoms with Crippen molar-refractivity contribution in [3.05, 3.63) is 27.5 Å². The first-order valence-corrected chi connectivity index (χ1v) is 6.58. The molecule has 6 nitrogen and oxygen atoms in total. The Hall–Kier alpha value is -1.89. The minimum atomic E-state index is -0.990. The second-order valence-corrected chi connectivity index (χ2v) is 5.40. The molecule has 0 aromatic carbocycles. The zero-order valence-corrected chi connectivity index (χ0v) is 11.7. The molecule has 0 aliphatic heterocycles. The number of carboxylic acid groups (broad SMARTS) is 1. The van der Waals surface area contributed by atoms with Crippen LogP contribution in [0.4, 0.5) is 0 Å². The number of aromatic nitrogens is 2. The lowest BCUT2D eigenvalue weighted by Gasteiger charge is -2.01. The van der Waals surface area contributed by atoms with Crippen molar-refractivity contribution in [3.8, 4) is 5.75 Å². The SMILES string of the molecule is Cc1nc(COc2cc(C(C)C)sc2C(=O)O)no1. The van der Waals surface area contributed by atoms with Gasteiger partial charge in [0.1, 0.15) is 5.75 Å². The average molecular weight is 282 g/mol. The van der Waals surface area contributed by atoms with Gasteiger partial charge in [-0.15, -0.1) is 11.3 Å². The van der Waals surface area contributed by atoms with Crippen LogP contribution in [-0.4, -0.2) is 21.2 Å². The number of ether oxygens (including phenoxy) is 1. The van der Waals surface area contributed by atoms with E-state index >= 15 is 0 Å². The highest BCUT2D eigenvalue weighted by Gasteiger charge is 2.18. The molecule has 0 spiro atoms. The van der Waals surface area contributed by atoms with Crippen LogP contribution in [0.25, 0.3) is 0 Å². The Morgan fingerprint density at radius 3 is 2.84 bits per heavy atom. The number of carboxylic acids is 1. The van der Waals surface area contributed by atoms with Gasteiger partial charge in [0.2, 0.25) is 11.7 Å². The summed E-state index contributed by atoms with van der Waals surface area (Å²) in [5, 5.41) is 12.8. The molecule has 2 aromatic rings. The molecule has 0 bridgehead atoms. The standard InChI is InChI=1S/C12H14N2O4S/c1-6(2)9-4-8(11(19-9)12(15)16)17-5-10-13-7(3)18-14-10/h4,6H,5H2,1-3H3,(H,15,16). The van der Waals surface area contributed by atoms with E-state index in [1.54, 1.807) is 13.0 Å². The van der Waals surface area contributed by atoms with E-state index in [0.29, 0.717) is 17.5 Å². The third-order valence-electron chi connectivity index (χ3n) is 2.41. The quantitative estimate of drug-likeness (QED) is 0.907. The number of rotatable bonds is 5. The monoisotopic (exact) mass is 282 g/mol. The second-order valence-electron chi connectivity index (χ2n) is 4.32. The molecule has 2 rings (SSSR count). The van der Waals surface area contributed by atoms with E-state index in [0.717, 1.165) is 4.88 Å². The Morgan fingerprint density at radius 2 is 2.32 bits per heavy atom. The van der Waals surface area contributed by atoms with Crippen molar-refractivity contribution in [2.45, 2.75) is 33.3 Å². The summed E-state index contributed by atoms with van der Waals surface area (Å²) in [7, 11) is 0. The third kappa shape index (κ3) is 3.11. The maximum absolute atomic E-state index is 11.2. The summed E-state index contributed by atoms with van der Waals surface area (Å²) in [5.41, 5.74) is 0. The molecule has 0 saturated carbocycles. The lowest BCUT2D eigenvalue weighted by molar-refractivity contribution is 0.0697. The zero-order chi connectivity index (χ0) is 14.0. The van der Waals surface area contributed by atoms with Gasteiger partial charge in [0.05, 0.1) is 0 Å². The fourth-order valence-corrected chi connectivity index (χ4v) is 2.42. The Balaban J connectivity index is 2.16. The molecule has 102 valence electrons. The summed E-state index contributed by atoms with van der Waals surface area (Å²) in [5.74, 6) is 0.462. The molecule has 0 amide bonds. The number of hydrogen-bond acceptors (Lipinski definition) is 6. The Morgan fingerprint density at radius 1 is 1.58 bits per heavy atom. The molecule has 0 saturated heterocycles. The predicted molar refractivity (Wildman–Crippen MR) is 68.7 cm³/mol. The van der Waals surface area contributed by atoms with Crippen molar-refractivity contribution < 1.29 is 19.2 Å². The zero-order valence-electron chi connectivity index (χ0n) is 10.8.